The number of anilines is 1. The third kappa shape index (κ3) is 1.64. The monoisotopic (exact) mass is 295 g/mol. The minimum atomic E-state index is -0.680. The molecule has 0 fully saturated rings. The maximum atomic E-state index is 11.3. The second kappa shape index (κ2) is 3.32. The zero-order valence-corrected chi connectivity index (χ0v) is 8.78. The Labute approximate surface area is 85.9 Å². The molecule has 0 saturated heterocycles. The van der Waals surface area contributed by atoms with Crippen molar-refractivity contribution in [2.45, 2.75) is 0 Å². The van der Waals surface area contributed by atoms with E-state index in [0.29, 0.717) is 0 Å². The smallest absolute Gasteiger partial charge is 0.329 e. The highest BCUT2D eigenvalue weighted by Gasteiger charge is 2.14. The molecule has 0 radical (unpaired) electrons. The molecule has 70 valence electrons. The van der Waals surface area contributed by atoms with Crippen LogP contribution in [-0.2, 0) is 7.05 Å². The molecular weight excluding hydrogens is 289 g/mol. The molecule has 1 aromatic heterocycles. The lowest BCUT2D eigenvalue weighted by molar-refractivity contribution is 0.110. The fourth-order valence-electron chi connectivity index (χ4n) is 0.827. The molecule has 1 rings (SSSR count). The summed E-state index contributed by atoms with van der Waals surface area (Å²) in [5, 5.41) is 0. The SMILES string of the molecule is Cn1c(=O)[nH]c(N)c(C(=O)I)c1=O. The molecule has 1 heterocycles. The summed E-state index contributed by atoms with van der Waals surface area (Å²) in [5.74, 6) is -0.187. The van der Waals surface area contributed by atoms with Crippen LogP contribution in [0.25, 0.3) is 0 Å². The second-order valence-electron chi connectivity index (χ2n) is 2.36. The summed E-state index contributed by atoms with van der Waals surface area (Å²) >= 11 is 1.43. The number of aromatic nitrogens is 2. The van der Waals surface area contributed by atoms with Gasteiger partial charge in [-0.05, 0) is 0 Å². The van der Waals surface area contributed by atoms with E-state index in [1.165, 1.54) is 29.6 Å². The number of rotatable bonds is 1. The van der Waals surface area contributed by atoms with Gasteiger partial charge in [-0.1, -0.05) is 0 Å². The quantitative estimate of drug-likeness (QED) is 0.525. The van der Waals surface area contributed by atoms with E-state index in [0.717, 1.165) is 4.57 Å². The predicted molar refractivity (Wildman–Crippen MR) is 55.1 cm³/mol. The number of aromatic amines is 1. The fourth-order valence-corrected chi connectivity index (χ4v) is 1.35. The van der Waals surface area contributed by atoms with Crippen molar-refractivity contribution in [3.63, 3.8) is 0 Å². The molecule has 0 aromatic carbocycles. The highest BCUT2D eigenvalue weighted by atomic mass is 127. The van der Waals surface area contributed by atoms with Crippen molar-refractivity contribution in [3.8, 4) is 0 Å². The number of nitrogens with two attached hydrogens (primary N) is 1. The van der Waals surface area contributed by atoms with E-state index in [1.807, 2.05) is 0 Å². The summed E-state index contributed by atoms with van der Waals surface area (Å²) in [7, 11) is 1.27. The lowest BCUT2D eigenvalue weighted by Gasteiger charge is -2.01. The maximum Gasteiger partial charge on any atom is 0.329 e. The van der Waals surface area contributed by atoms with E-state index in [4.69, 9.17) is 5.73 Å². The standard InChI is InChI=1S/C6H6IN3O3/c1-10-5(12)2(3(7)11)4(8)9-6(10)13/h8H2,1H3,(H,9,13). The maximum absolute atomic E-state index is 11.3. The lowest BCUT2D eigenvalue weighted by atomic mass is 10.3. The van der Waals surface area contributed by atoms with Crippen molar-refractivity contribution in [1.82, 2.24) is 9.55 Å². The van der Waals surface area contributed by atoms with Crippen molar-refractivity contribution >= 4 is 32.2 Å². The van der Waals surface area contributed by atoms with E-state index in [-0.39, 0.29) is 11.4 Å². The van der Waals surface area contributed by atoms with Gasteiger partial charge in [0.1, 0.15) is 11.4 Å². The van der Waals surface area contributed by atoms with Gasteiger partial charge in [0.15, 0.2) is 0 Å². The molecule has 0 aliphatic heterocycles. The van der Waals surface area contributed by atoms with Crippen LogP contribution in [0.2, 0.25) is 0 Å². The average molecular weight is 295 g/mol. The Morgan fingerprint density at radius 3 is 2.54 bits per heavy atom. The Morgan fingerprint density at radius 1 is 1.54 bits per heavy atom. The molecule has 0 spiro atoms. The molecule has 0 amide bonds. The van der Waals surface area contributed by atoms with Gasteiger partial charge in [0.25, 0.3) is 5.56 Å². The summed E-state index contributed by atoms with van der Waals surface area (Å²) in [4.78, 5) is 35.3. The number of hydrogen-bond donors (Lipinski definition) is 2. The summed E-state index contributed by atoms with van der Waals surface area (Å²) in [5.41, 5.74) is 3.79. The van der Waals surface area contributed by atoms with Gasteiger partial charge >= 0.3 is 5.69 Å². The zero-order valence-electron chi connectivity index (χ0n) is 6.63. The third-order valence-corrected chi connectivity index (χ3v) is 2.07. The van der Waals surface area contributed by atoms with Crippen LogP contribution in [0, 0.1) is 0 Å². The van der Waals surface area contributed by atoms with Crippen LogP contribution >= 0.6 is 22.6 Å². The zero-order chi connectivity index (χ0) is 10.2. The minimum absolute atomic E-state index is 0.187. The molecule has 13 heavy (non-hydrogen) atoms. The number of nitrogen functional groups attached to an aromatic ring is 1. The first-order valence-corrected chi connectivity index (χ1v) is 4.31. The number of H-pyrrole nitrogens is 1. The molecule has 1 aromatic rings. The molecule has 0 unspecified atom stereocenters. The van der Waals surface area contributed by atoms with Gasteiger partial charge in [0.05, 0.1) is 0 Å². The largest absolute Gasteiger partial charge is 0.384 e. The lowest BCUT2D eigenvalue weighted by Crippen LogP contribution is -2.36. The third-order valence-electron chi connectivity index (χ3n) is 1.53. The van der Waals surface area contributed by atoms with E-state index < -0.39 is 15.0 Å². The first-order valence-electron chi connectivity index (χ1n) is 3.23. The number of carbonyl (C=O) groups excluding carboxylic acids is 1. The average Bonchev–Trinajstić information content (AvgIpc) is 1.99. The molecule has 0 aliphatic rings. The molecule has 0 saturated carbocycles. The van der Waals surface area contributed by atoms with Crippen molar-refractivity contribution < 1.29 is 4.79 Å². The highest BCUT2D eigenvalue weighted by Crippen LogP contribution is 2.04. The van der Waals surface area contributed by atoms with Crippen molar-refractivity contribution in [1.29, 1.82) is 0 Å². The van der Waals surface area contributed by atoms with Gasteiger partial charge in [-0.2, -0.15) is 0 Å². The Hall–Kier alpha value is -1.12. The minimum Gasteiger partial charge on any atom is -0.384 e. The molecular formula is C6H6IN3O3. The Kier molecular flexibility index (Phi) is 2.55. The van der Waals surface area contributed by atoms with Crippen LogP contribution in [0.5, 0.6) is 0 Å². The first kappa shape index (κ1) is 9.96. The normalized spacial score (nSPS) is 10.0. The van der Waals surface area contributed by atoms with Gasteiger partial charge < -0.3 is 5.73 Å². The van der Waals surface area contributed by atoms with Gasteiger partial charge in [0.2, 0.25) is 3.79 Å². The molecule has 7 heteroatoms. The van der Waals surface area contributed by atoms with Crippen LogP contribution < -0.4 is 17.0 Å². The number of carbonyl (C=O) groups is 1. The number of nitrogens with one attached hydrogen (secondary N) is 1. The van der Waals surface area contributed by atoms with E-state index in [9.17, 15) is 14.4 Å². The van der Waals surface area contributed by atoms with Crippen molar-refractivity contribution in [3.05, 3.63) is 26.4 Å². The molecule has 0 atom stereocenters. The number of hydrogen-bond acceptors (Lipinski definition) is 4. The second-order valence-corrected chi connectivity index (χ2v) is 3.34. The van der Waals surface area contributed by atoms with Crippen LogP contribution in [0.3, 0.4) is 0 Å². The Bertz CT molecular complexity index is 473. The van der Waals surface area contributed by atoms with Crippen LogP contribution in [0.15, 0.2) is 9.59 Å². The van der Waals surface area contributed by atoms with Gasteiger partial charge in [0, 0.05) is 29.6 Å². The molecule has 3 N–H and O–H groups in total. The molecule has 6 nitrogen and oxygen atoms in total. The number of halogens is 1. The van der Waals surface area contributed by atoms with Gasteiger partial charge in [-0.25, -0.2) is 4.79 Å². The van der Waals surface area contributed by atoms with Crippen LogP contribution in [-0.4, -0.2) is 13.3 Å². The predicted octanol–water partition coefficient (Wildman–Crippen LogP) is -0.769. The van der Waals surface area contributed by atoms with E-state index in [1.54, 1.807) is 0 Å². The van der Waals surface area contributed by atoms with Gasteiger partial charge in [-0.3, -0.25) is 19.1 Å². The fraction of sp³-hybridized carbons (Fsp3) is 0.167. The van der Waals surface area contributed by atoms with E-state index in [2.05, 4.69) is 4.98 Å². The Balaban J connectivity index is 3.74. The molecule has 0 aliphatic carbocycles. The Morgan fingerprint density at radius 2 is 2.08 bits per heavy atom. The topological polar surface area (TPSA) is 97.9 Å². The number of nitrogens with zero attached hydrogens (tertiary/aromatic N) is 1. The summed E-state index contributed by atoms with van der Waals surface area (Å²) in [6.45, 7) is 0. The van der Waals surface area contributed by atoms with E-state index >= 15 is 0 Å². The van der Waals surface area contributed by atoms with Crippen LogP contribution in [0.4, 0.5) is 5.82 Å². The highest BCUT2D eigenvalue weighted by molar-refractivity contribution is 14.1. The molecule has 0 bridgehead atoms. The summed E-state index contributed by atoms with van der Waals surface area (Å²) in [6.07, 6.45) is 0. The first-order chi connectivity index (χ1) is 5.95. The van der Waals surface area contributed by atoms with Crippen molar-refractivity contribution in [2.75, 3.05) is 5.73 Å². The summed E-state index contributed by atoms with van der Waals surface area (Å²) < 4.78 is 0.300. The van der Waals surface area contributed by atoms with Crippen molar-refractivity contribution in [2.24, 2.45) is 7.05 Å². The van der Waals surface area contributed by atoms with Crippen LogP contribution in [0.1, 0.15) is 10.4 Å². The summed E-state index contributed by atoms with van der Waals surface area (Å²) in [6, 6.07) is 0. The van der Waals surface area contributed by atoms with Gasteiger partial charge in [-0.15, -0.1) is 0 Å².